The Balaban J connectivity index is 2.22. The molecule has 0 bridgehead atoms. The molecule has 0 fully saturated rings. The van der Waals surface area contributed by atoms with Gasteiger partial charge in [-0.2, -0.15) is 0 Å². The Bertz CT molecular complexity index is 561. The van der Waals surface area contributed by atoms with Crippen LogP contribution in [0, 0.1) is 0 Å². The zero-order chi connectivity index (χ0) is 14.5. The van der Waals surface area contributed by atoms with E-state index in [-0.39, 0.29) is 0 Å². The fraction of sp³-hybridized carbons (Fsp3) is 0.235. The molecule has 0 aliphatic rings. The summed E-state index contributed by atoms with van der Waals surface area (Å²) >= 11 is -1.93. The monoisotopic (exact) mass is 376 g/mol. The van der Waals surface area contributed by atoms with Crippen LogP contribution in [0.1, 0.15) is 29.8 Å². The Hall–Kier alpha value is -1.29. The third-order valence-corrected chi connectivity index (χ3v) is 14.4. The zero-order valence-corrected chi connectivity index (χ0v) is 15.2. The van der Waals surface area contributed by atoms with Gasteiger partial charge in [-0.1, -0.05) is 0 Å². The summed E-state index contributed by atoms with van der Waals surface area (Å²) in [6, 6.07) is 18.2. The van der Waals surface area contributed by atoms with Crippen LogP contribution < -0.4 is 3.58 Å². The quantitative estimate of drug-likeness (QED) is 0.817. The number of carboxylic acids is 1. The Labute approximate surface area is 127 Å². The fourth-order valence-corrected chi connectivity index (χ4v) is 10.9. The number of rotatable bonds is 5. The van der Waals surface area contributed by atoms with Gasteiger partial charge in [0.2, 0.25) is 0 Å². The van der Waals surface area contributed by atoms with E-state index in [0.717, 1.165) is 0 Å². The first-order valence-electron chi connectivity index (χ1n) is 6.95. The molecule has 3 heteroatoms. The molecular weight excluding hydrogens is 355 g/mol. The molecule has 0 aromatic heterocycles. The minimum atomic E-state index is -1.93. The summed E-state index contributed by atoms with van der Waals surface area (Å²) in [5.74, 6) is -0.851. The summed E-state index contributed by atoms with van der Waals surface area (Å²) in [6.07, 6.45) is 0. The van der Waals surface area contributed by atoms with Gasteiger partial charge in [0.25, 0.3) is 0 Å². The first-order valence-corrected chi connectivity index (χ1v) is 12.8. The molecule has 2 aromatic rings. The maximum absolute atomic E-state index is 10.9. The van der Waals surface area contributed by atoms with Crippen molar-refractivity contribution in [3.63, 3.8) is 0 Å². The van der Waals surface area contributed by atoms with Crippen molar-refractivity contribution in [3.8, 4) is 0 Å². The van der Waals surface area contributed by atoms with Crippen LogP contribution in [0.2, 0.25) is 3.93 Å². The fourth-order valence-electron chi connectivity index (χ4n) is 2.48. The van der Waals surface area contributed by atoms with Gasteiger partial charge in [-0.25, -0.2) is 0 Å². The van der Waals surface area contributed by atoms with Gasteiger partial charge in [-0.15, -0.1) is 0 Å². The van der Waals surface area contributed by atoms with E-state index in [9.17, 15) is 4.79 Å². The van der Waals surface area contributed by atoms with Crippen molar-refractivity contribution in [2.24, 2.45) is 0 Å². The molecule has 0 aliphatic heterocycles. The number of carboxylic acid groups (broad SMARTS) is 1. The molecule has 0 spiro atoms. The second-order valence-corrected chi connectivity index (χ2v) is 15.8. The molecule has 104 valence electrons. The van der Waals surface area contributed by atoms with Gasteiger partial charge in [0.1, 0.15) is 0 Å². The van der Waals surface area contributed by atoms with E-state index >= 15 is 0 Å². The molecule has 0 heterocycles. The van der Waals surface area contributed by atoms with Gasteiger partial charge >= 0.3 is 127 Å². The number of benzene rings is 2. The van der Waals surface area contributed by atoms with Crippen LogP contribution in [-0.2, 0) is 4.44 Å². The average molecular weight is 375 g/mol. The summed E-state index contributed by atoms with van der Waals surface area (Å²) in [4.78, 5) is 10.9. The van der Waals surface area contributed by atoms with Gasteiger partial charge in [-0.3, -0.25) is 0 Å². The molecule has 2 rings (SSSR count). The van der Waals surface area contributed by atoms with Gasteiger partial charge in [0, 0.05) is 0 Å². The van der Waals surface area contributed by atoms with Gasteiger partial charge in [0.05, 0.1) is 0 Å². The van der Waals surface area contributed by atoms with Crippen LogP contribution >= 0.6 is 0 Å². The maximum atomic E-state index is 10.9. The Morgan fingerprint density at radius 1 is 1.05 bits per heavy atom. The summed E-state index contributed by atoms with van der Waals surface area (Å²) in [5.41, 5.74) is 1.78. The van der Waals surface area contributed by atoms with Crippen molar-refractivity contribution in [2.75, 3.05) is 0 Å². The number of carbonyl (C=O) groups is 1. The third-order valence-electron chi connectivity index (χ3n) is 3.69. The van der Waals surface area contributed by atoms with E-state index in [1.165, 1.54) is 13.6 Å². The van der Waals surface area contributed by atoms with E-state index in [2.05, 4.69) is 38.1 Å². The second-order valence-electron chi connectivity index (χ2n) is 5.47. The van der Waals surface area contributed by atoms with Crippen LogP contribution in [0.3, 0.4) is 0 Å². The molecular formula is C17H20O2Sn. The van der Waals surface area contributed by atoms with E-state index < -0.39 is 25.7 Å². The average Bonchev–Trinajstić information content (AvgIpc) is 2.45. The van der Waals surface area contributed by atoms with Crippen molar-refractivity contribution in [2.45, 2.75) is 22.2 Å². The third kappa shape index (κ3) is 3.85. The minimum absolute atomic E-state index is 0.377. The SMILES string of the molecule is C[CH](C)[SnH]([CH2]c1ccccc1)[c]1ccc(C(=O)O)cc1. The summed E-state index contributed by atoms with van der Waals surface area (Å²) in [5, 5.41) is 8.98. The number of hydrogen-bond acceptors (Lipinski definition) is 1. The number of aromatic carboxylic acids is 1. The van der Waals surface area contributed by atoms with E-state index in [1.807, 2.05) is 18.2 Å². The Morgan fingerprint density at radius 3 is 2.15 bits per heavy atom. The van der Waals surface area contributed by atoms with Gasteiger partial charge < -0.3 is 0 Å². The van der Waals surface area contributed by atoms with Crippen molar-refractivity contribution in [1.82, 2.24) is 0 Å². The Kier molecular flexibility index (Phi) is 5.23. The molecule has 0 saturated carbocycles. The molecule has 2 aromatic carbocycles. The van der Waals surface area contributed by atoms with Crippen molar-refractivity contribution < 1.29 is 9.90 Å². The number of hydrogen-bond donors (Lipinski definition) is 1. The Morgan fingerprint density at radius 2 is 1.65 bits per heavy atom. The molecule has 0 aliphatic carbocycles. The van der Waals surface area contributed by atoms with Crippen LogP contribution in [0.15, 0.2) is 54.6 Å². The topological polar surface area (TPSA) is 37.3 Å². The zero-order valence-electron chi connectivity index (χ0n) is 11.9. The van der Waals surface area contributed by atoms with Crippen LogP contribution in [0.25, 0.3) is 0 Å². The molecule has 2 nitrogen and oxygen atoms in total. The van der Waals surface area contributed by atoms with E-state index in [1.54, 1.807) is 12.1 Å². The van der Waals surface area contributed by atoms with Crippen molar-refractivity contribution in [3.05, 3.63) is 65.7 Å². The summed E-state index contributed by atoms with van der Waals surface area (Å²) in [6.45, 7) is 4.60. The van der Waals surface area contributed by atoms with E-state index in [0.29, 0.717) is 9.50 Å². The van der Waals surface area contributed by atoms with Crippen LogP contribution in [-0.4, -0.2) is 30.8 Å². The molecule has 1 N–H and O–H groups in total. The van der Waals surface area contributed by atoms with Gasteiger partial charge in [-0.05, 0) is 0 Å². The van der Waals surface area contributed by atoms with Crippen LogP contribution in [0.5, 0.6) is 0 Å². The molecule has 1 unspecified atom stereocenters. The van der Waals surface area contributed by atoms with E-state index in [4.69, 9.17) is 5.11 Å². The van der Waals surface area contributed by atoms with Crippen molar-refractivity contribution >= 4 is 29.3 Å². The standard InChI is InChI=1S/C7H5O2.C7H7.C3H7.Sn.H/c8-7(9)6-4-2-1-3-5-6;1-7-5-3-2-4-6-7;1-3-2;;/h2-5H,(H,8,9);2-6H,1H2;3H,1-2H3;;. The summed E-state index contributed by atoms with van der Waals surface area (Å²) in [7, 11) is 0. The molecule has 1 atom stereocenters. The van der Waals surface area contributed by atoms with Gasteiger partial charge in [0.15, 0.2) is 0 Å². The molecule has 0 radical (unpaired) electrons. The summed E-state index contributed by atoms with van der Waals surface area (Å²) < 4.78 is 3.32. The first kappa shape index (κ1) is 15.1. The van der Waals surface area contributed by atoms with Crippen LogP contribution in [0.4, 0.5) is 0 Å². The predicted octanol–water partition coefficient (Wildman–Crippen LogP) is 3.01. The molecule has 0 amide bonds. The first-order chi connectivity index (χ1) is 9.58. The predicted molar refractivity (Wildman–Crippen MR) is 85.4 cm³/mol. The normalized spacial score (nSPS) is 12.3. The molecule has 0 saturated heterocycles. The second kappa shape index (κ2) is 6.93. The van der Waals surface area contributed by atoms with Crippen molar-refractivity contribution in [1.29, 1.82) is 0 Å². The molecule has 20 heavy (non-hydrogen) atoms.